The number of sulfonamides is 1. The number of hydrogen-bond donors (Lipinski definition) is 1. The number of halogens is 2. The van der Waals surface area contributed by atoms with Crippen molar-refractivity contribution in [3.05, 3.63) is 101 Å². The molecule has 0 saturated carbocycles. The van der Waals surface area contributed by atoms with Crippen molar-refractivity contribution in [2.24, 2.45) is 0 Å². The molecule has 10 heteroatoms. The smallest absolute Gasteiger partial charge is 0.244 e. The fraction of sp³-hybridized carbons (Fsp3) is 0.259. The average molecular weight is 546 g/mol. The molecule has 0 bridgehead atoms. The first-order valence-corrected chi connectivity index (χ1v) is 13.9. The van der Waals surface area contributed by atoms with E-state index in [1.807, 2.05) is 30.3 Å². The van der Waals surface area contributed by atoms with Crippen LogP contribution in [0.5, 0.6) is 0 Å². The number of nitrogens with one attached hydrogen (secondary N) is 1. The van der Waals surface area contributed by atoms with E-state index in [-0.39, 0.29) is 24.6 Å². The van der Waals surface area contributed by atoms with E-state index >= 15 is 0 Å². The first kappa shape index (κ1) is 28.1. The third-order valence-electron chi connectivity index (χ3n) is 5.70. The van der Waals surface area contributed by atoms with Crippen LogP contribution in [0.4, 0.5) is 10.1 Å². The van der Waals surface area contributed by atoms with E-state index in [0.29, 0.717) is 17.1 Å². The molecule has 3 aromatic carbocycles. The maximum absolute atomic E-state index is 13.9. The van der Waals surface area contributed by atoms with Gasteiger partial charge in [-0.25, -0.2) is 12.8 Å². The van der Waals surface area contributed by atoms with Gasteiger partial charge in [-0.05, 0) is 42.3 Å². The predicted molar refractivity (Wildman–Crippen MR) is 143 cm³/mol. The SMILES string of the molecule is CCNC(=O)[C@H](Cc1ccccc1)N(Cc1ccccc1Cl)C(=O)CN(c1cccc(F)c1)S(C)(=O)=O. The van der Waals surface area contributed by atoms with Crippen LogP contribution in [0, 0.1) is 5.82 Å². The first-order valence-electron chi connectivity index (χ1n) is 11.7. The highest BCUT2D eigenvalue weighted by molar-refractivity contribution is 7.92. The van der Waals surface area contributed by atoms with Gasteiger partial charge in [0, 0.05) is 24.5 Å². The van der Waals surface area contributed by atoms with Crippen molar-refractivity contribution in [1.29, 1.82) is 0 Å². The van der Waals surface area contributed by atoms with E-state index in [9.17, 15) is 22.4 Å². The second-order valence-electron chi connectivity index (χ2n) is 8.46. The molecule has 1 atom stereocenters. The Morgan fingerprint density at radius 1 is 1.00 bits per heavy atom. The minimum atomic E-state index is -3.97. The zero-order valence-corrected chi connectivity index (χ0v) is 22.2. The van der Waals surface area contributed by atoms with E-state index in [4.69, 9.17) is 11.6 Å². The summed E-state index contributed by atoms with van der Waals surface area (Å²) in [6, 6.07) is 20.2. The molecule has 196 valence electrons. The van der Waals surface area contributed by atoms with Gasteiger partial charge in [0.25, 0.3) is 0 Å². The lowest BCUT2D eigenvalue weighted by molar-refractivity contribution is -0.140. The third-order valence-corrected chi connectivity index (χ3v) is 7.21. The largest absolute Gasteiger partial charge is 0.355 e. The molecule has 37 heavy (non-hydrogen) atoms. The lowest BCUT2D eigenvalue weighted by Crippen LogP contribution is -2.53. The highest BCUT2D eigenvalue weighted by atomic mass is 35.5. The summed E-state index contributed by atoms with van der Waals surface area (Å²) in [5, 5.41) is 3.18. The third kappa shape index (κ3) is 7.77. The summed E-state index contributed by atoms with van der Waals surface area (Å²) in [6.45, 7) is 1.45. The molecule has 3 rings (SSSR count). The highest BCUT2D eigenvalue weighted by Gasteiger charge is 2.33. The van der Waals surface area contributed by atoms with Crippen LogP contribution in [0.25, 0.3) is 0 Å². The Morgan fingerprint density at radius 3 is 2.30 bits per heavy atom. The molecule has 0 radical (unpaired) electrons. The Labute approximate surface area is 221 Å². The van der Waals surface area contributed by atoms with Gasteiger partial charge < -0.3 is 10.2 Å². The first-order chi connectivity index (χ1) is 17.6. The molecule has 0 fully saturated rings. The quantitative estimate of drug-likeness (QED) is 0.394. The van der Waals surface area contributed by atoms with Crippen molar-refractivity contribution in [3.8, 4) is 0 Å². The van der Waals surface area contributed by atoms with Crippen molar-refractivity contribution in [2.75, 3.05) is 23.7 Å². The van der Waals surface area contributed by atoms with Crippen molar-refractivity contribution < 1.29 is 22.4 Å². The van der Waals surface area contributed by atoms with Gasteiger partial charge in [0.05, 0.1) is 11.9 Å². The van der Waals surface area contributed by atoms with Crippen LogP contribution in [0.2, 0.25) is 5.02 Å². The van der Waals surface area contributed by atoms with Crippen LogP contribution < -0.4 is 9.62 Å². The molecule has 7 nitrogen and oxygen atoms in total. The topological polar surface area (TPSA) is 86.8 Å². The molecule has 0 aliphatic carbocycles. The predicted octanol–water partition coefficient (Wildman–Crippen LogP) is 4.02. The Morgan fingerprint density at radius 2 is 1.68 bits per heavy atom. The van der Waals surface area contributed by atoms with Crippen LogP contribution in [0.1, 0.15) is 18.1 Å². The van der Waals surface area contributed by atoms with E-state index < -0.39 is 34.3 Å². The number of benzene rings is 3. The second-order valence-corrected chi connectivity index (χ2v) is 10.8. The summed E-state index contributed by atoms with van der Waals surface area (Å²) in [5.74, 6) is -1.67. The fourth-order valence-electron chi connectivity index (χ4n) is 3.90. The van der Waals surface area contributed by atoms with Gasteiger partial charge in [0.1, 0.15) is 18.4 Å². The summed E-state index contributed by atoms with van der Waals surface area (Å²) in [6.07, 6.45) is 1.14. The Kier molecular flexibility index (Phi) is 9.66. The molecule has 0 saturated heterocycles. The van der Waals surface area contributed by atoms with Crippen LogP contribution in [-0.4, -0.2) is 50.5 Å². The zero-order valence-electron chi connectivity index (χ0n) is 20.6. The van der Waals surface area contributed by atoms with E-state index in [1.54, 1.807) is 31.2 Å². The summed E-state index contributed by atoms with van der Waals surface area (Å²) in [4.78, 5) is 28.4. The number of anilines is 1. The van der Waals surface area contributed by atoms with Crippen molar-refractivity contribution in [2.45, 2.75) is 25.9 Å². The Hall–Kier alpha value is -3.43. The van der Waals surface area contributed by atoms with Crippen LogP contribution >= 0.6 is 11.6 Å². The number of rotatable bonds is 11. The molecule has 0 spiro atoms. The van der Waals surface area contributed by atoms with Crippen LogP contribution in [0.3, 0.4) is 0 Å². The second kappa shape index (κ2) is 12.7. The Balaban J connectivity index is 2.05. The summed E-state index contributed by atoms with van der Waals surface area (Å²) < 4.78 is 40.0. The van der Waals surface area contributed by atoms with Crippen molar-refractivity contribution in [3.63, 3.8) is 0 Å². The lowest BCUT2D eigenvalue weighted by atomic mass is 10.0. The number of amides is 2. The number of carbonyl (C=O) groups excluding carboxylic acids is 2. The minimum absolute atomic E-state index is 0.00571. The summed E-state index contributed by atoms with van der Waals surface area (Å²) in [5.41, 5.74) is 1.42. The maximum Gasteiger partial charge on any atom is 0.244 e. The number of nitrogens with zero attached hydrogens (tertiary/aromatic N) is 2. The van der Waals surface area contributed by atoms with Crippen LogP contribution in [-0.2, 0) is 32.6 Å². The van der Waals surface area contributed by atoms with Gasteiger partial charge in [-0.2, -0.15) is 0 Å². The van der Waals surface area contributed by atoms with E-state index in [2.05, 4.69) is 5.32 Å². The lowest BCUT2D eigenvalue weighted by Gasteiger charge is -2.33. The average Bonchev–Trinajstić information content (AvgIpc) is 2.85. The molecule has 1 N–H and O–H groups in total. The minimum Gasteiger partial charge on any atom is -0.355 e. The van der Waals surface area contributed by atoms with Gasteiger partial charge >= 0.3 is 0 Å². The van der Waals surface area contributed by atoms with E-state index in [0.717, 1.165) is 22.2 Å². The molecular weight excluding hydrogens is 517 g/mol. The zero-order chi connectivity index (χ0) is 27.0. The van der Waals surface area contributed by atoms with Crippen LogP contribution in [0.15, 0.2) is 78.9 Å². The number of hydrogen-bond acceptors (Lipinski definition) is 4. The normalized spacial score (nSPS) is 12.0. The maximum atomic E-state index is 13.9. The monoisotopic (exact) mass is 545 g/mol. The fourth-order valence-corrected chi connectivity index (χ4v) is 4.94. The standard InChI is InChI=1S/C27H29ClFN3O4S/c1-3-30-27(34)25(16-20-10-5-4-6-11-20)31(18-21-12-7-8-15-24(21)28)26(33)19-32(37(2,35)36)23-14-9-13-22(29)17-23/h4-15,17,25H,3,16,18-19H2,1-2H3,(H,30,34)/t25-/m0/s1. The molecule has 3 aromatic rings. The van der Waals surface area contributed by atoms with Gasteiger partial charge in [-0.3, -0.25) is 13.9 Å². The molecule has 0 heterocycles. The van der Waals surface area contributed by atoms with Crippen molar-refractivity contribution in [1.82, 2.24) is 10.2 Å². The molecular formula is C27H29ClFN3O4S. The molecule has 0 aromatic heterocycles. The van der Waals surface area contributed by atoms with Gasteiger partial charge in [-0.1, -0.05) is 66.2 Å². The molecule has 0 aliphatic rings. The van der Waals surface area contributed by atoms with Crippen molar-refractivity contribution >= 4 is 39.1 Å². The Bertz CT molecular complexity index is 1340. The highest BCUT2D eigenvalue weighted by Crippen LogP contribution is 2.23. The molecule has 0 unspecified atom stereocenters. The molecule has 0 aliphatic heterocycles. The molecule has 2 amide bonds. The number of carbonyl (C=O) groups is 2. The van der Waals surface area contributed by atoms with Gasteiger partial charge in [-0.15, -0.1) is 0 Å². The summed E-state index contributed by atoms with van der Waals surface area (Å²) in [7, 11) is -3.97. The van der Waals surface area contributed by atoms with E-state index in [1.165, 1.54) is 23.1 Å². The summed E-state index contributed by atoms with van der Waals surface area (Å²) >= 11 is 6.38. The van der Waals surface area contributed by atoms with Gasteiger partial charge in [0.15, 0.2) is 0 Å². The number of likely N-dealkylation sites (N-methyl/N-ethyl adjacent to an activating group) is 1. The van der Waals surface area contributed by atoms with Gasteiger partial charge in [0.2, 0.25) is 21.8 Å².